The molecule has 0 saturated carbocycles. The summed E-state index contributed by atoms with van der Waals surface area (Å²) in [6.07, 6.45) is 0. The van der Waals surface area contributed by atoms with Crippen molar-refractivity contribution in [3.05, 3.63) is 59.7 Å². The van der Waals surface area contributed by atoms with Crippen molar-refractivity contribution < 1.29 is 15.0 Å². The van der Waals surface area contributed by atoms with Gasteiger partial charge in [0.15, 0.2) is 21.6 Å². The van der Waals surface area contributed by atoms with Crippen molar-refractivity contribution in [3.63, 3.8) is 0 Å². The van der Waals surface area contributed by atoms with Crippen molar-refractivity contribution in [2.45, 2.75) is 10.9 Å². The number of nitrogens with one attached hydrogen (secondary N) is 1. The van der Waals surface area contributed by atoms with Crippen LogP contribution < -0.4 is 5.32 Å². The molecule has 0 aliphatic rings. The summed E-state index contributed by atoms with van der Waals surface area (Å²) in [4.78, 5) is 12.1. The minimum absolute atomic E-state index is 0.158. The second kappa shape index (κ2) is 8.00. The van der Waals surface area contributed by atoms with Crippen LogP contribution in [-0.2, 0) is 6.54 Å². The summed E-state index contributed by atoms with van der Waals surface area (Å²) in [5, 5.41) is 30.7. The Balaban J connectivity index is 1.52. The lowest BCUT2D eigenvalue weighted by atomic mass is 10.1. The minimum Gasteiger partial charge on any atom is -0.504 e. The molecule has 6 nitrogen and oxygen atoms in total. The molecule has 0 radical (unpaired) electrons. The number of nitrogens with zero attached hydrogens (tertiary/aromatic N) is 2. The first kappa shape index (κ1) is 17.2. The largest absolute Gasteiger partial charge is 0.504 e. The predicted octanol–water partition coefficient (Wildman–Crippen LogP) is 3.54. The van der Waals surface area contributed by atoms with Crippen molar-refractivity contribution >= 4 is 34.0 Å². The Labute approximate surface area is 152 Å². The van der Waals surface area contributed by atoms with Crippen LogP contribution in [0.3, 0.4) is 0 Å². The van der Waals surface area contributed by atoms with E-state index in [1.54, 1.807) is 0 Å². The highest BCUT2D eigenvalue weighted by atomic mass is 32.2. The number of phenolic OH excluding ortho intramolecular Hbond substituents is 2. The maximum atomic E-state index is 12.1. The van der Waals surface area contributed by atoms with E-state index in [4.69, 9.17) is 0 Å². The van der Waals surface area contributed by atoms with Crippen LogP contribution in [-0.4, -0.2) is 31.9 Å². The molecule has 1 aromatic heterocycles. The van der Waals surface area contributed by atoms with Gasteiger partial charge in [-0.15, -0.1) is 10.2 Å². The van der Waals surface area contributed by atoms with Gasteiger partial charge in [-0.05, 0) is 23.8 Å². The Kier molecular flexibility index (Phi) is 5.52. The van der Waals surface area contributed by atoms with Crippen molar-refractivity contribution in [3.8, 4) is 11.5 Å². The van der Waals surface area contributed by atoms with Gasteiger partial charge < -0.3 is 15.5 Å². The summed E-state index contributed by atoms with van der Waals surface area (Å²) in [7, 11) is 0. The Morgan fingerprint density at radius 2 is 1.88 bits per heavy atom. The molecule has 3 rings (SSSR count). The molecular weight excluding hydrogens is 358 g/mol. The van der Waals surface area contributed by atoms with E-state index in [-0.39, 0.29) is 23.0 Å². The SMILES string of the molecule is O=C(CSc1nnc(NCc2ccccc2)s1)c1ccc(O)c(O)c1. The molecule has 0 saturated heterocycles. The van der Waals surface area contributed by atoms with Gasteiger partial charge in [-0.25, -0.2) is 0 Å². The van der Waals surface area contributed by atoms with Gasteiger partial charge in [-0.3, -0.25) is 4.79 Å². The molecule has 0 atom stereocenters. The lowest BCUT2D eigenvalue weighted by Gasteiger charge is -2.02. The lowest BCUT2D eigenvalue weighted by molar-refractivity contribution is 0.102. The number of rotatable bonds is 7. The fourth-order valence-electron chi connectivity index (χ4n) is 2.02. The maximum Gasteiger partial charge on any atom is 0.206 e. The zero-order valence-electron chi connectivity index (χ0n) is 13.0. The number of carbonyl (C=O) groups excluding carboxylic acids is 1. The minimum atomic E-state index is -0.306. The summed E-state index contributed by atoms with van der Waals surface area (Å²) in [5.41, 5.74) is 1.49. The highest BCUT2D eigenvalue weighted by Crippen LogP contribution is 2.28. The zero-order valence-corrected chi connectivity index (χ0v) is 14.7. The number of aromatic hydroxyl groups is 2. The molecule has 0 aliphatic heterocycles. The van der Waals surface area contributed by atoms with E-state index < -0.39 is 0 Å². The summed E-state index contributed by atoms with van der Waals surface area (Å²) in [6, 6.07) is 14.0. The number of ketones is 1. The molecule has 0 amide bonds. The van der Waals surface area contributed by atoms with Crippen LogP contribution in [0.15, 0.2) is 52.9 Å². The summed E-state index contributed by atoms with van der Waals surface area (Å²) in [5.74, 6) is -0.534. The number of thioether (sulfide) groups is 1. The van der Waals surface area contributed by atoms with Crippen molar-refractivity contribution in [1.82, 2.24) is 10.2 Å². The number of carbonyl (C=O) groups is 1. The Bertz CT molecular complexity index is 869. The van der Waals surface area contributed by atoms with Crippen LogP contribution in [0.4, 0.5) is 5.13 Å². The Morgan fingerprint density at radius 1 is 1.08 bits per heavy atom. The first-order chi connectivity index (χ1) is 12.1. The Hall–Kier alpha value is -2.58. The summed E-state index contributed by atoms with van der Waals surface area (Å²) < 4.78 is 0.687. The highest BCUT2D eigenvalue weighted by molar-refractivity contribution is 8.01. The Morgan fingerprint density at radius 3 is 2.64 bits per heavy atom. The predicted molar refractivity (Wildman–Crippen MR) is 98.5 cm³/mol. The van der Waals surface area contributed by atoms with Crippen LogP contribution in [0.2, 0.25) is 0 Å². The van der Waals surface area contributed by atoms with Gasteiger partial charge >= 0.3 is 0 Å². The number of benzene rings is 2. The molecule has 25 heavy (non-hydrogen) atoms. The average Bonchev–Trinajstić information content (AvgIpc) is 3.09. The van der Waals surface area contributed by atoms with Crippen LogP contribution in [0, 0.1) is 0 Å². The van der Waals surface area contributed by atoms with E-state index in [1.165, 1.54) is 41.3 Å². The molecule has 3 N–H and O–H groups in total. The average molecular weight is 373 g/mol. The number of Topliss-reactive ketones (excluding diaryl/α,β-unsaturated/α-hetero) is 1. The van der Waals surface area contributed by atoms with Gasteiger partial charge in [0, 0.05) is 12.1 Å². The molecule has 8 heteroatoms. The van der Waals surface area contributed by atoms with E-state index in [1.807, 2.05) is 30.3 Å². The lowest BCUT2D eigenvalue weighted by Crippen LogP contribution is -2.01. The number of aromatic nitrogens is 2. The van der Waals surface area contributed by atoms with Gasteiger partial charge in [0.05, 0.1) is 5.75 Å². The molecule has 0 aliphatic carbocycles. The van der Waals surface area contributed by atoms with E-state index in [0.29, 0.717) is 21.6 Å². The van der Waals surface area contributed by atoms with Gasteiger partial charge in [0.25, 0.3) is 0 Å². The number of hydrogen-bond acceptors (Lipinski definition) is 8. The third kappa shape index (κ3) is 4.71. The quantitative estimate of drug-likeness (QED) is 0.331. The monoisotopic (exact) mass is 373 g/mol. The van der Waals surface area contributed by atoms with E-state index in [0.717, 1.165) is 5.56 Å². The van der Waals surface area contributed by atoms with Gasteiger partial charge in [0.2, 0.25) is 5.13 Å². The van der Waals surface area contributed by atoms with E-state index in [9.17, 15) is 15.0 Å². The van der Waals surface area contributed by atoms with Crippen LogP contribution in [0.5, 0.6) is 11.5 Å². The molecule has 0 spiro atoms. The van der Waals surface area contributed by atoms with E-state index >= 15 is 0 Å². The smallest absolute Gasteiger partial charge is 0.206 e. The van der Waals surface area contributed by atoms with Crippen molar-refractivity contribution in [2.75, 3.05) is 11.1 Å². The van der Waals surface area contributed by atoms with Gasteiger partial charge in [-0.1, -0.05) is 53.4 Å². The molecular formula is C17H15N3O3S2. The molecule has 1 heterocycles. The third-order valence-corrected chi connectivity index (χ3v) is 5.33. The van der Waals surface area contributed by atoms with Crippen molar-refractivity contribution in [2.24, 2.45) is 0 Å². The van der Waals surface area contributed by atoms with Gasteiger partial charge in [-0.2, -0.15) is 0 Å². The highest BCUT2D eigenvalue weighted by Gasteiger charge is 2.12. The summed E-state index contributed by atoms with van der Waals surface area (Å²) in [6.45, 7) is 0.659. The molecule has 128 valence electrons. The maximum absolute atomic E-state index is 12.1. The first-order valence-electron chi connectivity index (χ1n) is 7.41. The molecule has 3 aromatic rings. The molecule has 0 unspecified atom stereocenters. The first-order valence-corrected chi connectivity index (χ1v) is 9.21. The third-order valence-electron chi connectivity index (χ3n) is 3.32. The second-order valence-electron chi connectivity index (χ2n) is 5.13. The number of phenols is 2. The fraction of sp³-hybridized carbons (Fsp3) is 0.118. The molecule has 2 aromatic carbocycles. The van der Waals surface area contributed by atoms with E-state index in [2.05, 4.69) is 15.5 Å². The standard InChI is InChI=1S/C17H15N3O3S2/c21-13-7-6-12(8-14(13)22)15(23)10-24-17-20-19-16(25-17)18-9-11-4-2-1-3-5-11/h1-8,21-22H,9-10H2,(H,18,19). The van der Waals surface area contributed by atoms with Crippen LogP contribution in [0.25, 0.3) is 0 Å². The fourth-order valence-corrected chi connectivity index (χ4v) is 3.66. The normalized spacial score (nSPS) is 10.6. The summed E-state index contributed by atoms with van der Waals surface area (Å²) >= 11 is 2.67. The number of anilines is 1. The van der Waals surface area contributed by atoms with Crippen molar-refractivity contribution in [1.29, 1.82) is 0 Å². The van der Waals surface area contributed by atoms with Crippen LogP contribution in [0.1, 0.15) is 15.9 Å². The second-order valence-corrected chi connectivity index (χ2v) is 7.33. The zero-order chi connectivity index (χ0) is 17.6. The molecule has 0 fully saturated rings. The number of hydrogen-bond donors (Lipinski definition) is 3. The van der Waals surface area contributed by atoms with Crippen LogP contribution >= 0.6 is 23.1 Å². The topological polar surface area (TPSA) is 95.3 Å². The molecule has 0 bridgehead atoms. The van der Waals surface area contributed by atoms with Gasteiger partial charge in [0.1, 0.15) is 0 Å².